The van der Waals surface area contributed by atoms with Crippen LogP contribution < -0.4 is 20.7 Å². The van der Waals surface area contributed by atoms with Crippen molar-refractivity contribution in [2.24, 2.45) is 0 Å². The molecule has 0 aromatic heterocycles. The number of hydrogen-bond donors (Lipinski definition) is 4. The Kier molecular flexibility index (Phi) is 9.45. The molecule has 2 aromatic carbocycles. The Bertz CT molecular complexity index is 1130. The highest BCUT2D eigenvalue weighted by Crippen LogP contribution is 2.39. The molecular weight excluding hydrogens is 492 g/mol. The van der Waals surface area contributed by atoms with Crippen molar-refractivity contribution in [2.45, 2.75) is 63.7 Å². The molecule has 0 saturated carbocycles. The summed E-state index contributed by atoms with van der Waals surface area (Å²) in [7, 11) is 1.57. The van der Waals surface area contributed by atoms with Crippen molar-refractivity contribution in [3.63, 3.8) is 0 Å². The molecule has 1 saturated heterocycles. The highest BCUT2D eigenvalue weighted by atomic mass is 32.2. The van der Waals surface area contributed by atoms with E-state index in [9.17, 15) is 19.5 Å². The summed E-state index contributed by atoms with van der Waals surface area (Å²) in [6, 6.07) is 12.9. The van der Waals surface area contributed by atoms with E-state index in [1.807, 2.05) is 63.2 Å². The summed E-state index contributed by atoms with van der Waals surface area (Å²) in [5.74, 6) is 0.0586. The standard InChI is InChI=1S/C27H36N4O5S/c1-17-9-6-7-11-20(17)15-28-24(33)23-27(3,4)37-16-31(23)25(34)22(32)18(2)30-26(35)29-14-19-10-8-12-21(13-19)36-5/h6-13,18,22-23,32H,14-16H2,1-5H3,(H,28,33)(H2,29,30,35). The van der Waals surface area contributed by atoms with Crippen molar-refractivity contribution in [1.29, 1.82) is 0 Å². The quantitative estimate of drug-likeness (QED) is 0.397. The lowest BCUT2D eigenvalue weighted by Gasteiger charge is -2.32. The Morgan fingerprint density at radius 3 is 2.57 bits per heavy atom. The number of rotatable bonds is 9. The van der Waals surface area contributed by atoms with Crippen LogP contribution in [0.3, 0.4) is 0 Å². The minimum atomic E-state index is -1.51. The second-order valence-electron chi connectivity index (χ2n) is 9.64. The average Bonchev–Trinajstić information content (AvgIpc) is 3.20. The predicted octanol–water partition coefficient (Wildman–Crippen LogP) is 2.55. The van der Waals surface area contributed by atoms with E-state index in [4.69, 9.17) is 4.74 Å². The lowest BCUT2D eigenvalue weighted by molar-refractivity contribution is -0.147. The number of nitrogens with one attached hydrogen (secondary N) is 3. The minimum absolute atomic E-state index is 0.250. The van der Waals surface area contributed by atoms with Crippen LogP contribution in [-0.4, -0.2) is 63.8 Å². The topological polar surface area (TPSA) is 120 Å². The van der Waals surface area contributed by atoms with Crippen LogP contribution in [0.25, 0.3) is 0 Å². The number of aliphatic hydroxyl groups is 1. The maximum absolute atomic E-state index is 13.2. The van der Waals surface area contributed by atoms with E-state index in [2.05, 4.69) is 16.0 Å². The van der Waals surface area contributed by atoms with Crippen LogP contribution >= 0.6 is 11.8 Å². The fourth-order valence-corrected chi connectivity index (χ4v) is 5.33. The van der Waals surface area contributed by atoms with Crippen LogP contribution in [0, 0.1) is 6.92 Å². The van der Waals surface area contributed by atoms with Crippen molar-refractivity contribution in [3.05, 3.63) is 65.2 Å². The summed E-state index contributed by atoms with van der Waals surface area (Å²) in [4.78, 5) is 40.2. The van der Waals surface area contributed by atoms with Gasteiger partial charge in [0, 0.05) is 17.8 Å². The van der Waals surface area contributed by atoms with Gasteiger partial charge in [0.2, 0.25) is 5.91 Å². The van der Waals surface area contributed by atoms with E-state index in [0.717, 1.165) is 16.7 Å². The molecule has 200 valence electrons. The molecule has 4 N–H and O–H groups in total. The molecule has 2 aromatic rings. The van der Waals surface area contributed by atoms with E-state index >= 15 is 0 Å². The molecule has 4 amide bonds. The molecule has 37 heavy (non-hydrogen) atoms. The van der Waals surface area contributed by atoms with Gasteiger partial charge in [-0.2, -0.15) is 0 Å². The number of ether oxygens (including phenoxy) is 1. The number of amides is 4. The molecule has 1 heterocycles. The van der Waals surface area contributed by atoms with Crippen molar-refractivity contribution in [2.75, 3.05) is 13.0 Å². The Hall–Kier alpha value is -3.24. The number of urea groups is 1. The van der Waals surface area contributed by atoms with Gasteiger partial charge in [0.15, 0.2) is 6.10 Å². The van der Waals surface area contributed by atoms with Crippen LogP contribution in [0.1, 0.15) is 37.5 Å². The molecule has 0 spiro atoms. The predicted molar refractivity (Wildman–Crippen MR) is 144 cm³/mol. The molecule has 0 bridgehead atoms. The largest absolute Gasteiger partial charge is 0.497 e. The van der Waals surface area contributed by atoms with E-state index in [1.54, 1.807) is 20.1 Å². The van der Waals surface area contributed by atoms with Gasteiger partial charge in [-0.3, -0.25) is 9.59 Å². The molecular formula is C27H36N4O5S. The number of carbonyl (C=O) groups is 3. The number of benzene rings is 2. The van der Waals surface area contributed by atoms with Gasteiger partial charge in [-0.25, -0.2) is 4.79 Å². The maximum atomic E-state index is 13.2. The first-order valence-electron chi connectivity index (χ1n) is 12.2. The van der Waals surface area contributed by atoms with Gasteiger partial charge in [-0.15, -0.1) is 11.8 Å². The zero-order valence-corrected chi connectivity index (χ0v) is 22.7. The molecule has 3 rings (SSSR count). The highest BCUT2D eigenvalue weighted by molar-refractivity contribution is 8.00. The zero-order chi connectivity index (χ0) is 27.2. The Morgan fingerprint density at radius 2 is 1.86 bits per heavy atom. The van der Waals surface area contributed by atoms with E-state index in [0.29, 0.717) is 12.3 Å². The van der Waals surface area contributed by atoms with Crippen LogP contribution in [0.2, 0.25) is 0 Å². The molecule has 1 aliphatic heterocycles. The fourth-order valence-electron chi connectivity index (χ4n) is 4.19. The molecule has 3 atom stereocenters. The number of carbonyl (C=O) groups excluding carboxylic acids is 3. The summed E-state index contributed by atoms with van der Waals surface area (Å²) in [5.41, 5.74) is 2.90. The van der Waals surface area contributed by atoms with Crippen molar-refractivity contribution < 1.29 is 24.2 Å². The lowest BCUT2D eigenvalue weighted by Crippen LogP contribution is -2.58. The lowest BCUT2D eigenvalue weighted by atomic mass is 9.99. The second kappa shape index (κ2) is 12.3. The smallest absolute Gasteiger partial charge is 0.315 e. The third kappa shape index (κ3) is 7.17. The molecule has 0 radical (unpaired) electrons. The monoisotopic (exact) mass is 528 g/mol. The van der Waals surface area contributed by atoms with Gasteiger partial charge in [-0.05, 0) is 56.5 Å². The summed E-state index contributed by atoms with van der Waals surface area (Å²) in [6.07, 6.45) is -1.51. The van der Waals surface area contributed by atoms with Gasteiger partial charge in [-0.1, -0.05) is 36.4 Å². The van der Waals surface area contributed by atoms with Crippen molar-refractivity contribution in [3.8, 4) is 5.75 Å². The van der Waals surface area contributed by atoms with Crippen LogP contribution in [0.4, 0.5) is 4.79 Å². The van der Waals surface area contributed by atoms with E-state index in [1.165, 1.54) is 16.7 Å². The number of hydrogen-bond acceptors (Lipinski definition) is 6. The van der Waals surface area contributed by atoms with E-state index < -0.39 is 34.9 Å². The first-order valence-corrected chi connectivity index (χ1v) is 13.1. The third-order valence-corrected chi connectivity index (χ3v) is 7.84. The number of aryl methyl sites for hydroxylation is 1. The minimum Gasteiger partial charge on any atom is -0.497 e. The SMILES string of the molecule is COc1cccc(CNC(=O)NC(C)C(O)C(=O)N2CSC(C)(C)C2C(=O)NCc2ccccc2C)c1. The first kappa shape index (κ1) is 28.3. The summed E-state index contributed by atoms with van der Waals surface area (Å²) < 4.78 is 4.64. The van der Waals surface area contributed by atoms with Crippen molar-refractivity contribution in [1.82, 2.24) is 20.9 Å². The maximum Gasteiger partial charge on any atom is 0.315 e. The summed E-state index contributed by atoms with van der Waals surface area (Å²) in [5, 5.41) is 19.0. The van der Waals surface area contributed by atoms with Crippen LogP contribution in [-0.2, 0) is 22.7 Å². The molecule has 0 aliphatic carbocycles. The van der Waals surface area contributed by atoms with Gasteiger partial charge in [0.05, 0.1) is 19.0 Å². The molecule has 1 fully saturated rings. The molecule has 3 unspecified atom stereocenters. The Labute approximate surface area is 222 Å². The second-order valence-corrected chi connectivity index (χ2v) is 11.2. The fraction of sp³-hybridized carbons (Fsp3) is 0.444. The zero-order valence-electron chi connectivity index (χ0n) is 21.9. The Morgan fingerprint density at radius 1 is 1.14 bits per heavy atom. The number of nitrogens with zero attached hydrogens (tertiary/aromatic N) is 1. The summed E-state index contributed by atoms with van der Waals surface area (Å²) in [6.45, 7) is 7.93. The van der Waals surface area contributed by atoms with Crippen LogP contribution in [0.5, 0.6) is 5.75 Å². The van der Waals surface area contributed by atoms with Crippen molar-refractivity contribution >= 4 is 29.6 Å². The third-order valence-electron chi connectivity index (χ3n) is 6.46. The molecule has 10 heteroatoms. The highest BCUT2D eigenvalue weighted by Gasteiger charge is 2.49. The number of methoxy groups -OCH3 is 1. The number of aliphatic hydroxyl groups excluding tert-OH is 1. The summed E-state index contributed by atoms with van der Waals surface area (Å²) >= 11 is 1.47. The molecule has 9 nitrogen and oxygen atoms in total. The molecule has 1 aliphatic rings. The van der Waals surface area contributed by atoms with E-state index in [-0.39, 0.29) is 18.3 Å². The van der Waals surface area contributed by atoms with Gasteiger partial charge in [0.25, 0.3) is 5.91 Å². The first-order chi connectivity index (χ1) is 17.5. The van der Waals surface area contributed by atoms with Gasteiger partial charge < -0.3 is 30.7 Å². The average molecular weight is 529 g/mol. The normalized spacial score (nSPS) is 18.0. The van der Waals surface area contributed by atoms with Gasteiger partial charge in [0.1, 0.15) is 11.8 Å². The number of thioether (sulfide) groups is 1. The van der Waals surface area contributed by atoms with Gasteiger partial charge >= 0.3 is 6.03 Å². The van der Waals surface area contributed by atoms with Crippen LogP contribution in [0.15, 0.2) is 48.5 Å². The Balaban J connectivity index is 1.58.